The van der Waals surface area contributed by atoms with Crippen molar-refractivity contribution in [1.82, 2.24) is 9.88 Å². The largest absolute Gasteiger partial charge is 0.494 e. The second-order valence-corrected chi connectivity index (χ2v) is 9.74. The average Bonchev–Trinajstić information content (AvgIpc) is 3.35. The van der Waals surface area contributed by atoms with E-state index in [0.717, 1.165) is 24.4 Å². The van der Waals surface area contributed by atoms with E-state index in [2.05, 4.69) is 31.0 Å². The predicted octanol–water partition coefficient (Wildman–Crippen LogP) is 5.71. The lowest BCUT2D eigenvalue weighted by atomic mass is 10.1. The minimum Gasteiger partial charge on any atom is -0.494 e. The van der Waals surface area contributed by atoms with Crippen LogP contribution in [0.1, 0.15) is 65.9 Å². The molecule has 1 aromatic rings. The molecule has 6 heteroatoms. The molecule has 2 heterocycles. The first-order valence-electron chi connectivity index (χ1n) is 11.8. The summed E-state index contributed by atoms with van der Waals surface area (Å²) in [6, 6.07) is 2.13. The van der Waals surface area contributed by atoms with E-state index in [-0.39, 0.29) is 12.1 Å². The summed E-state index contributed by atoms with van der Waals surface area (Å²) < 4.78 is 17.5. The molecule has 3 rings (SSSR count). The van der Waals surface area contributed by atoms with Crippen LogP contribution in [0.2, 0.25) is 0 Å². The van der Waals surface area contributed by atoms with Gasteiger partial charge in [-0.3, -0.25) is 4.98 Å². The third-order valence-corrected chi connectivity index (χ3v) is 6.14. The first kappa shape index (κ1) is 24.1. The topological polar surface area (TPSA) is 60.9 Å². The highest BCUT2D eigenvalue weighted by Crippen LogP contribution is 2.54. The lowest BCUT2D eigenvalue weighted by Crippen LogP contribution is -2.55. The number of carbonyl (C=O) groups excluding carboxylic acids is 1. The SMILES string of the molecule is CC=C(C=CCC)OCC1C(C)C1c1cncc(OCC2CCN2C(=O)OC(C)(C)C)c1. The Kier molecular flexibility index (Phi) is 7.86. The molecule has 0 aromatic carbocycles. The van der Waals surface area contributed by atoms with Crippen molar-refractivity contribution in [2.45, 2.75) is 71.9 Å². The zero-order valence-electron chi connectivity index (χ0n) is 20.3. The molecule has 1 aliphatic carbocycles. The van der Waals surface area contributed by atoms with Gasteiger partial charge in [-0.15, -0.1) is 0 Å². The predicted molar refractivity (Wildman–Crippen MR) is 126 cm³/mol. The van der Waals surface area contributed by atoms with Gasteiger partial charge in [0.2, 0.25) is 0 Å². The molecule has 1 aromatic heterocycles. The van der Waals surface area contributed by atoms with Crippen LogP contribution < -0.4 is 4.74 Å². The fourth-order valence-electron chi connectivity index (χ4n) is 4.07. The number of carbonyl (C=O) groups is 1. The van der Waals surface area contributed by atoms with Gasteiger partial charge in [0, 0.05) is 18.7 Å². The first-order valence-corrected chi connectivity index (χ1v) is 11.8. The highest BCUT2D eigenvalue weighted by atomic mass is 16.6. The van der Waals surface area contributed by atoms with E-state index in [1.807, 2.05) is 46.0 Å². The molecule has 1 aliphatic heterocycles. The van der Waals surface area contributed by atoms with Crippen LogP contribution in [0.5, 0.6) is 5.75 Å². The van der Waals surface area contributed by atoms with Crippen molar-refractivity contribution in [2.75, 3.05) is 19.8 Å². The number of nitrogens with zero attached hydrogens (tertiary/aromatic N) is 2. The number of hydrogen-bond donors (Lipinski definition) is 0. The van der Waals surface area contributed by atoms with E-state index >= 15 is 0 Å². The second-order valence-electron chi connectivity index (χ2n) is 9.74. The summed E-state index contributed by atoms with van der Waals surface area (Å²) in [6.07, 6.45) is 11.5. The number of rotatable bonds is 9. The van der Waals surface area contributed by atoms with Crippen molar-refractivity contribution in [3.8, 4) is 5.75 Å². The smallest absolute Gasteiger partial charge is 0.410 e. The molecule has 0 N–H and O–H groups in total. The summed E-state index contributed by atoms with van der Waals surface area (Å²) in [4.78, 5) is 18.4. The fraction of sp³-hybridized carbons (Fsp3) is 0.615. The highest BCUT2D eigenvalue weighted by molar-refractivity contribution is 5.69. The molecule has 1 saturated heterocycles. The lowest BCUT2D eigenvalue weighted by Gasteiger charge is -2.40. The highest BCUT2D eigenvalue weighted by Gasteiger charge is 2.48. The van der Waals surface area contributed by atoms with Crippen molar-refractivity contribution in [3.63, 3.8) is 0 Å². The second kappa shape index (κ2) is 10.4. The third kappa shape index (κ3) is 6.27. The molecule has 32 heavy (non-hydrogen) atoms. The summed E-state index contributed by atoms with van der Waals surface area (Å²) >= 11 is 0. The monoisotopic (exact) mass is 442 g/mol. The van der Waals surface area contributed by atoms with Gasteiger partial charge in [0.05, 0.1) is 18.8 Å². The minimum atomic E-state index is -0.489. The minimum absolute atomic E-state index is 0.0462. The van der Waals surface area contributed by atoms with E-state index in [0.29, 0.717) is 37.5 Å². The normalized spacial score (nSPS) is 25.4. The maximum Gasteiger partial charge on any atom is 0.410 e. The van der Waals surface area contributed by atoms with Gasteiger partial charge in [-0.25, -0.2) is 4.79 Å². The third-order valence-electron chi connectivity index (χ3n) is 6.14. The molecule has 4 unspecified atom stereocenters. The van der Waals surface area contributed by atoms with Crippen molar-refractivity contribution in [2.24, 2.45) is 11.8 Å². The molecular formula is C26H38N2O4. The van der Waals surface area contributed by atoms with Gasteiger partial charge >= 0.3 is 6.09 Å². The van der Waals surface area contributed by atoms with Gasteiger partial charge < -0.3 is 19.1 Å². The first-order chi connectivity index (χ1) is 15.2. The van der Waals surface area contributed by atoms with Gasteiger partial charge in [0.25, 0.3) is 0 Å². The van der Waals surface area contributed by atoms with Crippen LogP contribution in [0, 0.1) is 11.8 Å². The molecule has 0 bridgehead atoms. The molecule has 4 atom stereocenters. The molecule has 6 nitrogen and oxygen atoms in total. The number of amides is 1. The van der Waals surface area contributed by atoms with Crippen LogP contribution in [0.3, 0.4) is 0 Å². The van der Waals surface area contributed by atoms with Crippen LogP contribution >= 0.6 is 0 Å². The maximum absolute atomic E-state index is 12.3. The van der Waals surface area contributed by atoms with Gasteiger partial charge in [-0.2, -0.15) is 0 Å². The Bertz CT molecular complexity index is 842. The number of hydrogen-bond acceptors (Lipinski definition) is 5. The Labute approximate surface area is 192 Å². The molecule has 0 radical (unpaired) electrons. The molecular weight excluding hydrogens is 404 g/mol. The van der Waals surface area contributed by atoms with E-state index in [1.54, 1.807) is 11.1 Å². The van der Waals surface area contributed by atoms with Gasteiger partial charge in [0.15, 0.2) is 0 Å². The van der Waals surface area contributed by atoms with E-state index in [1.165, 1.54) is 5.56 Å². The van der Waals surface area contributed by atoms with Crippen LogP contribution in [-0.2, 0) is 9.47 Å². The van der Waals surface area contributed by atoms with Crippen molar-refractivity contribution < 1.29 is 19.0 Å². The van der Waals surface area contributed by atoms with E-state index < -0.39 is 5.60 Å². The Morgan fingerprint density at radius 3 is 2.69 bits per heavy atom. The lowest BCUT2D eigenvalue weighted by molar-refractivity contribution is -0.0141. The molecule has 2 aliphatic rings. The van der Waals surface area contributed by atoms with E-state index in [4.69, 9.17) is 14.2 Å². The molecule has 176 valence electrons. The summed E-state index contributed by atoms with van der Waals surface area (Å²) in [5.41, 5.74) is 0.699. The van der Waals surface area contributed by atoms with E-state index in [9.17, 15) is 4.79 Å². The zero-order chi connectivity index (χ0) is 23.3. The Hall–Kier alpha value is -2.50. The number of aromatic nitrogens is 1. The number of likely N-dealkylation sites (tertiary alicyclic amines) is 1. The molecule has 1 amide bonds. The summed E-state index contributed by atoms with van der Waals surface area (Å²) in [5.74, 6) is 3.13. The van der Waals surface area contributed by atoms with Gasteiger partial charge in [-0.05, 0) is 76.2 Å². The summed E-state index contributed by atoms with van der Waals surface area (Å²) in [5, 5.41) is 0. The Morgan fingerprint density at radius 2 is 2.06 bits per heavy atom. The number of ether oxygens (including phenoxy) is 3. The quantitative estimate of drug-likeness (QED) is 0.362. The van der Waals surface area contributed by atoms with Crippen LogP contribution in [0.25, 0.3) is 0 Å². The van der Waals surface area contributed by atoms with Crippen LogP contribution in [0.15, 0.2) is 42.4 Å². The molecule has 2 fully saturated rings. The van der Waals surface area contributed by atoms with Gasteiger partial charge in [-0.1, -0.05) is 19.9 Å². The summed E-state index contributed by atoms with van der Waals surface area (Å²) in [6.45, 7) is 13.9. The van der Waals surface area contributed by atoms with Crippen molar-refractivity contribution >= 4 is 6.09 Å². The maximum atomic E-state index is 12.3. The fourth-order valence-corrected chi connectivity index (χ4v) is 4.07. The number of allylic oxidation sites excluding steroid dienone is 3. The summed E-state index contributed by atoms with van der Waals surface area (Å²) in [7, 11) is 0. The zero-order valence-corrected chi connectivity index (χ0v) is 20.3. The van der Waals surface area contributed by atoms with Crippen molar-refractivity contribution in [3.05, 3.63) is 48.0 Å². The van der Waals surface area contributed by atoms with Crippen LogP contribution in [-0.4, -0.2) is 47.4 Å². The number of pyridine rings is 1. The van der Waals surface area contributed by atoms with Crippen LogP contribution in [0.4, 0.5) is 4.79 Å². The van der Waals surface area contributed by atoms with Crippen molar-refractivity contribution in [1.29, 1.82) is 0 Å². The average molecular weight is 443 g/mol. The molecule has 1 saturated carbocycles. The standard InChI is InChI=1S/C26H38N2O4/c1-7-9-10-21(8-2)31-17-23-18(3)24(23)19-13-22(15-27-14-19)30-16-20-11-12-28(20)25(29)32-26(4,5)6/h8-10,13-15,18,20,23-24H,7,11-12,16-17H2,1-6H3. The molecule has 0 spiro atoms. The Balaban J connectivity index is 1.51. The Morgan fingerprint density at radius 1 is 1.28 bits per heavy atom. The van der Waals surface area contributed by atoms with Gasteiger partial charge in [0.1, 0.15) is 23.7 Å².